The van der Waals surface area contributed by atoms with Crippen LogP contribution >= 0.6 is 0 Å². The predicted octanol–water partition coefficient (Wildman–Crippen LogP) is 4.40. The Morgan fingerprint density at radius 2 is 1.84 bits per heavy atom. The number of nitrogens with one attached hydrogen (secondary N) is 1. The summed E-state index contributed by atoms with van der Waals surface area (Å²) in [6.07, 6.45) is -5.17. The van der Waals surface area contributed by atoms with Gasteiger partial charge in [-0.25, -0.2) is 9.37 Å². The van der Waals surface area contributed by atoms with E-state index in [1.807, 2.05) is 13.8 Å². The van der Waals surface area contributed by atoms with Crippen molar-refractivity contribution in [3.63, 3.8) is 0 Å². The molecule has 3 heterocycles. The second-order valence-corrected chi connectivity index (χ2v) is 9.44. The molecule has 0 radical (unpaired) electrons. The molecule has 12 heteroatoms. The number of halogens is 5. The molecule has 1 aliphatic heterocycles. The third-order valence-electron chi connectivity index (χ3n) is 6.37. The van der Waals surface area contributed by atoms with Gasteiger partial charge in [-0.3, -0.25) is 14.3 Å². The zero-order chi connectivity index (χ0) is 27.6. The van der Waals surface area contributed by atoms with Gasteiger partial charge in [0.1, 0.15) is 18.8 Å². The minimum Gasteiger partial charge on any atom is -0.342 e. The van der Waals surface area contributed by atoms with E-state index in [4.69, 9.17) is 0 Å². The first-order valence-electron chi connectivity index (χ1n) is 12.0. The van der Waals surface area contributed by atoms with E-state index in [-0.39, 0.29) is 18.0 Å². The number of hydrogen-bond donors (Lipinski definition) is 1. The molecule has 0 spiro atoms. The first-order valence-corrected chi connectivity index (χ1v) is 12.0. The summed E-state index contributed by atoms with van der Waals surface area (Å²) in [7, 11) is 0. The highest BCUT2D eigenvalue weighted by Gasteiger charge is 2.41. The number of hydrogen-bond acceptors (Lipinski definition) is 4. The van der Waals surface area contributed by atoms with Crippen LogP contribution in [0.4, 0.5) is 22.0 Å². The molecule has 0 saturated carbocycles. The molecule has 1 N–H and O–H groups in total. The third-order valence-corrected chi connectivity index (χ3v) is 6.37. The number of benzene rings is 1. The van der Waals surface area contributed by atoms with Crippen molar-refractivity contribution in [2.45, 2.75) is 57.2 Å². The Bertz CT molecular complexity index is 1290. The number of rotatable bonds is 7. The minimum atomic E-state index is -4.63. The number of aromatic nitrogens is 3. The van der Waals surface area contributed by atoms with Crippen LogP contribution in [-0.2, 0) is 22.3 Å². The van der Waals surface area contributed by atoms with Gasteiger partial charge in [-0.05, 0) is 17.5 Å². The van der Waals surface area contributed by atoms with Gasteiger partial charge in [-0.1, -0.05) is 50.2 Å². The highest BCUT2D eigenvalue weighted by molar-refractivity contribution is 5.88. The molecule has 3 aromatic rings. The molecule has 2 amide bonds. The summed E-state index contributed by atoms with van der Waals surface area (Å²) in [6.45, 7) is 2.65. The van der Waals surface area contributed by atoms with E-state index in [1.165, 1.54) is 0 Å². The van der Waals surface area contributed by atoms with Gasteiger partial charge in [0, 0.05) is 18.2 Å². The Morgan fingerprint density at radius 1 is 1.13 bits per heavy atom. The number of carbonyl (C=O) groups excluding carboxylic acids is 2. The summed E-state index contributed by atoms with van der Waals surface area (Å²) in [6, 6.07) is 9.73. The Balaban J connectivity index is 1.56. The van der Waals surface area contributed by atoms with Crippen LogP contribution in [0.25, 0.3) is 0 Å². The van der Waals surface area contributed by atoms with E-state index in [2.05, 4.69) is 15.4 Å². The lowest BCUT2D eigenvalue weighted by atomic mass is 9.99. The van der Waals surface area contributed by atoms with Crippen molar-refractivity contribution < 1.29 is 31.5 Å². The molecule has 1 fully saturated rings. The lowest BCUT2D eigenvalue weighted by Crippen LogP contribution is -2.48. The summed E-state index contributed by atoms with van der Waals surface area (Å²) in [5.41, 5.74) is 0.189. The van der Waals surface area contributed by atoms with Gasteiger partial charge in [0.15, 0.2) is 0 Å². The number of nitrogens with zero attached hydrogens (tertiary/aromatic N) is 4. The molecule has 0 bridgehead atoms. The summed E-state index contributed by atoms with van der Waals surface area (Å²) in [5.74, 6) is -2.24. The number of carbonyl (C=O) groups is 2. The van der Waals surface area contributed by atoms with Crippen LogP contribution < -0.4 is 5.32 Å². The average Bonchev–Trinajstić information content (AvgIpc) is 3.49. The predicted molar refractivity (Wildman–Crippen MR) is 127 cm³/mol. The number of alkyl halides is 4. The molecule has 1 aliphatic rings. The van der Waals surface area contributed by atoms with Crippen LogP contribution in [0.5, 0.6) is 0 Å². The van der Waals surface area contributed by atoms with E-state index in [0.29, 0.717) is 23.5 Å². The van der Waals surface area contributed by atoms with Gasteiger partial charge in [0.05, 0.1) is 30.0 Å². The second-order valence-electron chi connectivity index (χ2n) is 9.44. The Labute approximate surface area is 215 Å². The van der Waals surface area contributed by atoms with Crippen molar-refractivity contribution in [2.24, 2.45) is 0 Å². The topological polar surface area (TPSA) is 80.1 Å². The fourth-order valence-corrected chi connectivity index (χ4v) is 4.40. The molecule has 0 aliphatic carbocycles. The van der Waals surface area contributed by atoms with Gasteiger partial charge in [-0.2, -0.15) is 22.7 Å². The van der Waals surface area contributed by atoms with Crippen molar-refractivity contribution in [1.29, 1.82) is 0 Å². The standard InChI is InChI=1S/C26H26F5N5O2/c1-15(2)19-8-9-20(33-24(19)28)23(16-6-4-3-5-7-16)34-25(38)21-10-18(27)13-36(21)22(37)14-35-12-17(11-32-35)26(29,30)31/h3-9,11-12,15,18,21,23H,10,13-14H2,1-2H3,(H,34,38). The highest BCUT2D eigenvalue weighted by Crippen LogP contribution is 2.29. The molecule has 2 aromatic heterocycles. The SMILES string of the molecule is CC(C)c1ccc(C(NC(=O)C2CC(F)CN2C(=O)Cn2cc(C(F)(F)F)cn2)c2ccccc2)nc1F. The van der Waals surface area contributed by atoms with Crippen molar-refractivity contribution >= 4 is 11.8 Å². The monoisotopic (exact) mass is 535 g/mol. The Hall–Kier alpha value is -3.83. The summed E-state index contributed by atoms with van der Waals surface area (Å²) >= 11 is 0. The first-order chi connectivity index (χ1) is 17.9. The molecule has 1 saturated heterocycles. The molecule has 3 atom stereocenters. The second kappa shape index (κ2) is 10.9. The van der Waals surface area contributed by atoms with Gasteiger partial charge in [0.2, 0.25) is 17.8 Å². The van der Waals surface area contributed by atoms with Crippen molar-refractivity contribution in [3.05, 3.63) is 83.2 Å². The van der Waals surface area contributed by atoms with Crippen LogP contribution in [0.1, 0.15) is 54.6 Å². The largest absolute Gasteiger partial charge is 0.419 e. The van der Waals surface area contributed by atoms with Crippen LogP contribution in [-0.4, -0.2) is 50.2 Å². The zero-order valence-corrected chi connectivity index (χ0v) is 20.6. The number of pyridine rings is 1. The zero-order valence-electron chi connectivity index (χ0n) is 20.6. The fraction of sp³-hybridized carbons (Fsp3) is 0.385. The van der Waals surface area contributed by atoms with E-state index >= 15 is 0 Å². The van der Waals surface area contributed by atoms with Gasteiger partial charge < -0.3 is 10.2 Å². The maximum absolute atomic E-state index is 14.7. The molecule has 1 aromatic carbocycles. The summed E-state index contributed by atoms with van der Waals surface area (Å²) in [5, 5.41) is 6.31. The highest BCUT2D eigenvalue weighted by atomic mass is 19.4. The summed E-state index contributed by atoms with van der Waals surface area (Å²) < 4.78 is 68.5. The van der Waals surface area contributed by atoms with E-state index in [9.17, 15) is 31.5 Å². The van der Waals surface area contributed by atoms with E-state index in [1.54, 1.807) is 42.5 Å². The smallest absolute Gasteiger partial charge is 0.342 e. The van der Waals surface area contributed by atoms with Gasteiger partial charge in [0.25, 0.3) is 0 Å². The molecule has 4 rings (SSSR count). The quantitative estimate of drug-likeness (QED) is 0.359. The van der Waals surface area contributed by atoms with Crippen LogP contribution in [0.3, 0.4) is 0 Å². The molecule has 7 nitrogen and oxygen atoms in total. The minimum absolute atomic E-state index is 0.108. The van der Waals surface area contributed by atoms with E-state index < -0.39 is 60.8 Å². The number of amides is 2. The van der Waals surface area contributed by atoms with Crippen LogP contribution in [0.15, 0.2) is 54.9 Å². The maximum Gasteiger partial charge on any atom is 0.419 e. The van der Waals surface area contributed by atoms with Crippen LogP contribution in [0, 0.1) is 5.95 Å². The third kappa shape index (κ3) is 6.00. The first kappa shape index (κ1) is 27.2. The molecular formula is C26H26F5N5O2. The molecule has 38 heavy (non-hydrogen) atoms. The van der Waals surface area contributed by atoms with E-state index in [0.717, 1.165) is 9.58 Å². The van der Waals surface area contributed by atoms with Gasteiger partial charge >= 0.3 is 6.18 Å². The lowest BCUT2D eigenvalue weighted by molar-refractivity contribution is -0.139. The van der Waals surface area contributed by atoms with Crippen LogP contribution in [0.2, 0.25) is 0 Å². The fourth-order valence-electron chi connectivity index (χ4n) is 4.40. The maximum atomic E-state index is 14.7. The average molecular weight is 536 g/mol. The van der Waals surface area contributed by atoms with Crippen molar-refractivity contribution in [1.82, 2.24) is 25.0 Å². The van der Waals surface area contributed by atoms with Crippen molar-refractivity contribution in [2.75, 3.05) is 6.54 Å². The Kier molecular flexibility index (Phi) is 7.79. The normalized spacial score (nSPS) is 18.6. The molecular weight excluding hydrogens is 509 g/mol. The van der Waals surface area contributed by atoms with Gasteiger partial charge in [-0.15, -0.1) is 0 Å². The molecule has 202 valence electrons. The number of likely N-dealkylation sites (tertiary alicyclic amines) is 1. The lowest BCUT2D eigenvalue weighted by Gasteiger charge is -2.26. The van der Waals surface area contributed by atoms with Crippen molar-refractivity contribution in [3.8, 4) is 0 Å². The molecule has 3 unspecified atom stereocenters. The Morgan fingerprint density at radius 3 is 2.45 bits per heavy atom. The summed E-state index contributed by atoms with van der Waals surface area (Å²) in [4.78, 5) is 31.3.